The molecule has 0 saturated carbocycles. The number of rotatable bonds is 14. The second kappa shape index (κ2) is 30.3. The van der Waals surface area contributed by atoms with Crippen molar-refractivity contribution >= 4 is 116 Å². The van der Waals surface area contributed by atoms with Gasteiger partial charge in [-0.05, 0) is 233 Å². The number of para-hydroxylation sites is 4. The molecule has 0 aliphatic carbocycles. The van der Waals surface area contributed by atoms with Gasteiger partial charge in [0.05, 0.1) is 55.8 Å². The van der Waals surface area contributed by atoms with Crippen LogP contribution in [0.15, 0.2) is 467 Å². The lowest BCUT2D eigenvalue weighted by molar-refractivity contribution is 1.18. The summed E-state index contributed by atoms with van der Waals surface area (Å²) < 4.78 is 9.52. The van der Waals surface area contributed by atoms with E-state index < -0.39 is 8.07 Å². The van der Waals surface area contributed by atoms with Crippen LogP contribution in [0.3, 0.4) is 0 Å². The molecule has 0 aliphatic rings. The molecule has 23 rings (SSSR count). The van der Waals surface area contributed by atoms with Crippen LogP contribution in [0.1, 0.15) is 5.56 Å². The molecule has 0 atom stereocenters. The van der Waals surface area contributed by atoms with Crippen molar-refractivity contribution in [2.24, 2.45) is 0 Å². The quantitative estimate of drug-likeness (QED) is 0.0790. The summed E-state index contributed by atoms with van der Waals surface area (Å²) in [5.41, 5.74) is 28.8. The Morgan fingerprint density at radius 1 is 0.157 bits per heavy atom. The molecule has 5 nitrogen and oxygen atoms in total. The predicted molar refractivity (Wildman–Crippen MR) is 511 cm³/mol. The summed E-state index contributed by atoms with van der Waals surface area (Å²) in [6.07, 6.45) is 0. The summed E-state index contributed by atoms with van der Waals surface area (Å²) in [6.45, 7) is 0. The van der Waals surface area contributed by atoms with Gasteiger partial charge in [-0.3, -0.25) is 0 Å². The zero-order chi connectivity index (χ0) is 80.3. The van der Waals surface area contributed by atoms with Crippen molar-refractivity contribution in [3.8, 4) is 95.6 Å². The summed E-state index contributed by atoms with van der Waals surface area (Å²) in [6, 6.07) is 172. The largest absolute Gasteiger partial charge is 0.309 e. The van der Waals surface area contributed by atoms with E-state index in [4.69, 9.17) is 0 Å². The number of benzene rings is 19. The number of nitriles is 1. The molecule has 0 aliphatic heterocycles. The first-order valence-corrected chi connectivity index (χ1v) is 43.4. The molecule has 0 N–H and O–H groups in total. The molecule has 0 unspecified atom stereocenters. The van der Waals surface area contributed by atoms with Crippen LogP contribution < -0.4 is 20.7 Å². The fourth-order valence-corrected chi connectivity index (χ4v) is 23.7. The average Bonchev–Trinajstić information content (AvgIpc) is 1.70. The van der Waals surface area contributed by atoms with Crippen LogP contribution >= 0.6 is 0 Å². The highest BCUT2D eigenvalue weighted by Crippen LogP contribution is 2.43. The maximum Gasteiger partial charge on any atom is 0.179 e. The molecule has 121 heavy (non-hydrogen) atoms. The summed E-state index contributed by atoms with van der Waals surface area (Å²) >= 11 is 0. The van der Waals surface area contributed by atoms with Crippen molar-refractivity contribution in [2.75, 3.05) is 0 Å². The third-order valence-corrected chi connectivity index (χ3v) is 29.4. The highest BCUT2D eigenvalue weighted by Gasteiger charge is 2.42. The van der Waals surface area contributed by atoms with Gasteiger partial charge in [-0.15, -0.1) is 0 Å². The minimum absolute atomic E-state index is 0.653. The Morgan fingerprint density at radius 3 is 0.752 bits per heavy atom. The van der Waals surface area contributed by atoms with Crippen molar-refractivity contribution in [3.63, 3.8) is 0 Å². The van der Waals surface area contributed by atoms with Gasteiger partial charge in [0.15, 0.2) is 8.07 Å². The van der Waals surface area contributed by atoms with E-state index in [-0.39, 0.29) is 0 Å². The van der Waals surface area contributed by atoms with Gasteiger partial charge in [0.2, 0.25) is 0 Å². The van der Waals surface area contributed by atoms with Gasteiger partial charge < -0.3 is 18.3 Å². The van der Waals surface area contributed by atoms with Crippen LogP contribution in [0.5, 0.6) is 0 Å². The zero-order valence-electron chi connectivity index (χ0n) is 66.2. The second-order valence-electron chi connectivity index (χ2n) is 31.4. The van der Waals surface area contributed by atoms with Crippen LogP contribution in [0.4, 0.5) is 0 Å². The highest BCUT2D eigenvalue weighted by atomic mass is 28.3. The Morgan fingerprint density at radius 2 is 0.397 bits per heavy atom. The van der Waals surface area contributed by atoms with Crippen LogP contribution in [0.2, 0.25) is 0 Å². The summed E-state index contributed by atoms with van der Waals surface area (Å²) in [7, 11) is -2.82. The number of aromatic nitrogens is 4. The van der Waals surface area contributed by atoms with Gasteiger partial charge in [-0.1, -0.05) is 322 Å². The molecule has 566 valence electrons. The lowest BCUT2D eigenvalue weighted by Gasteiger charge is -2.34. The van der Waals surface area contributed by atoms with Gasteiger partial charge in [0, 0.05) is 65.8 Å². The molecule has 0 fully saturated rings. The minimum atomic E-state index is -2.82. The second-order valence-corrected chi connectivity index (χ2v) is 35.2. The first kappa shape index (κ1) is 71.6. The third kappa shape index (κ3) is 12.5. The Labute approximate surface area is 703 Å². The molecule has 19 aromatic carbocycles. The fraction of sp³-hybridized carbons (Fsp3) is 0. The molecule has 0 bridgehead atoms. The van der Waals surface area contributed by atoms with Crippen molar-refractivity contribution in [2.45, 2.75) is 0 Å². The van der Waals surface area contributed by atoms with E-state index in [0.29, 0.717) is 5.56 Å². The Hall–Kier alpha value is -15.9. The van der Waals surface area contributed by atoms with Crippen molar-refractivity contribution < 1.29 is 0 Å². The number of hydrogen-bond acceptors (Lipinski definition) is 1. The molecule has 4 aromatic heterocycles. The normalized spacial score (nSPS) is 11.6. The van der Waals surface area contributed by atoms with Crippen LogP contribution in [0.25, 0.3) is 177 Å². The van der Waals surface area contributed by atoms with E-state index in [2.05, 4.69) is 473 Å². The van der Waals surface area contributed by atoms with Crippen LogP contribution in [-0.4, -0.2) is 26.3 Å². The van der Waals surface area contributed by atoms with E-state index in [1.165, 1.54) is 142 Å². The molecule has 23 aromatic rings. The molecule has 0 saturated heterocycles. The van der Waals surface area contributed by atoms with Gasteiger partial charge >= 0.3 is 0 Å². The van der Waals surface area contributed by atoms with Gasteiger partial charge in [-0.2, -0.15) is 5.26 Å². The summed E-state index contributed by atoms with van der Waals surface area (Å²) in [4.78, 5) is 0. The first-order chi connectivity index (χ1) is 59.9. The molecule has 0 spiro atoms. The van der Waals surface area contributed by atoms with Crippen LogP contribution in [-0.2, 0) is 0 Å². The fourth-order valence-electron chi connectivity index (χ4n) is 19.0. The molecule has 4 heterocycles. The molecule has 0 amide bonds. The van der Waals surface area contributed by atoms with Gasteiger partial charge in [-0.25, -0.2) is 0 Å². The van der Waals surface area contributed by atoms with Gasteiger partial charge in [0.25, 0.3) is 0 Å². The number of fused-ring (bicyclic) bond motifs is 12. The maximum atomic E-state index is 9.87. The molecular weight excluding hydrogens is 1480 g/mol. The smallest absolute Gasteiger partial charge is 0.179 e. The van der Waals surface area contributed by atoms with Crippen molar-refractivity contribution in [3.05, 3.63) is 473 Å². The predicted octanol–water partition coefficient (Wildman–Crippen LogP) is 27.0. The van der Waals surface area contributed by atoms with Crippen molar-refractivity contribution in [1.29, 1.82) is 5.26 Å². The first-order valence-electron chi connectivity index (χ1n) is 41.4. The van der Waals surface area contributed by atoms with Gasteiger partial charge in [0.1, 0.15) is 0 Å². The monoisotopic (exact) mass is 1560 g/mol. The van der Waals surface area contributed by atoms with Crippen LogP contribution in [0, 0.1) is 11.3 Å². The molecular formula is C115H77N5Si. The molecule has 6 heteroatoms. The maximum absolute atomic E-state index is 9.87. The zero-order valence-corrected chi connectivity index (χ0v) is 67.2. The minimum Gasteiger partial charge on any atom is -0.309 e. The Bertz CT molecular complexity index is 7800. The lowest BCUT2D eigenvalue weighted by Crippen LogP contribution is -2.74. The standard InChI is InChI=1S/C66H46N2Si.C49H31N3/c1-6-19-47(20-7-1)49-21-18-22-50(43-49)48-33-37-54(38-34-48)68-65-41-36-52(51-35-40-64-60(44-51)59-31-16-17-32-63(59)67(64)53-23-8-2-9-24-53)45-61(65)62-46-58(39-42-66(62)68)69(55-25-10-3-11-26-55,56-27-12-4-13-28-56)57-29-14-5-15-30-57;50-32-33-18-25-47-43(28-33)45-31-39(38-21-26-48-44(30-38)42-16-7-8-17-46(42)51(48)40-14-5-2-6-15-40)22-27-49(45)52(47)41-23-19-35(20-24-41)37-13-9-12-36(29-37)34-10-3-1-4-11-34/h1-46H;1-31H. The highest BCUT2D eigenvalue weighted by molar-refractivity contribution is 7.20. The van der Waals surface area contributed by atoms with E-state index in [0.717, 1.165) is 55.7 Å². The lowest BCUT2D eigenvalue weighted by atomic mass is 9.99. The topological polar surface area (TPSA) is 43.5 Å². The summed E-state index contributed by atoms with van der Waals surface area (Å²) in [5.74, 6) is 0. The van der Waals surface area contributed by atoms with Crippen molar-refractivity contribution in [1.82, 2.24) is 18.3 Å². The third-order valence-electron chi connectivity index (χ3n) is 24.6. The van der Waals surface area contributed by atoms with E-state index in [1.54, 1.807) is 0 Å². The van der Waals surface area contributed by atoms with E-state index in [9.17, 15) is 5.26 Å². The average molecular weight is 1560 g/mol. The van der Waals surface area contributed by atoms with E-state index in [1.807, 2.05) is 18.2 Å². The van der Waals surface area contributed by atoms with E-state index >= 15 is 0 Å². The molecule has 0 radical (unpaired) electrons. The summed E-state index contributed by atoms with van der Waals surface area (Å²) in [5, 5.41) is 24.9. The Balaban J connectivity index is 0.000000151. The Kier molecular flexibility index (Phi) is 17.9. The SMILES string of the molecule is N#Cc1ccc2c(c1)c1cc(-c3ccc4c(c3)c3ccccc3n4-c3ccccc3)ccc1n2-c1ccc(-c2cccc(-c3ccccc3)c2)cc1.c1ccc(-c2cccc(-c3ccc(-n4c5ccc(-c6ccc7c(c6)c6ccccc6n7-c6ccccc6)cc5c5cc([Si](c6ccccc6)(c6ccccc6)c6ccccc6)ccc54)cc3)c2)cc1. The number of hydrogen-bond donors (Lipinski definition) is 0. The number of nitrogens with zero attached hydrogens (tertiary/aromatic N) is 5.